The number of hydrogen-bond donors (Lipinski definition) is 2. The molecule has 1 aliphatic rings. The van der Waals surface area contributed by atoms with Crippen molar-refractivity contribution in [2.75, 3.05) is 17.4 Å². The third kappa shape index (κ3) is 4.03. The van der Waals surface area contributed by atoms with Crippen LogP contribution in [0.5, 0.6) is 11.5 Å². The second-order valence-corrected chi connectivity index (χ2v) is 6.55. The number of nitrogens with one attached hydrogen (secondary N) is 2. The van der Waals surface area contributed by atoms with Crippen LogP contribution >= 0.6 is 0 Å². The van der Waals surface area contributed by atoms with E-state index in [1.807, 2.05) is 49.4 Å². The molecule has 4 rings (SSSR count). The van der Waals surface area contributed by atoms with E-state index >= 15 is 0 Å². The fourth-order valence-corrected chi connectivity index (χ4v) is 2.94. The molecule has 0 atom stereocenters. The summed E-state index contributed by atoms with van der Waals surface area (Å²) in [7, 11) is 0. The van der Waals surface area contributed by atoms with Crippen molar-refractivity contribution in [3.05, 3.63) is 71.2 Å². The van der Waals surface area contributed by atoms with E-state index in [4.69, 9.17) is 9.47 Å². The second-order valence-electron chi connectivity index (χ2n) is 6.55. The maximum absolute atomic E-state index is 12.6. The molecule has 2 heterocycles. The molecule has 2 N–H and O–H groups in total. The van der Waals surface area contributed by atoms with Gasteiger partial charge in [-0.15, -0.1) is 0 Å². The predicted molar refractivity (Wildman–Crippen MR) is 106 cm³/mol. The van der Waals surface area contributed by atoms with Crippen molar-refractivity contribution in [3.8, 4) is 11.5 Å². The topological polar surface area (TPSA) is 85.4 Å². The molecule has 0 saturated carbocycles. The smallest absolute Gasteiger partial charge is 0.274 e. The number of nitrogens with zero attached hydrogens (tertiary/aromatic N) is 2. The van der Waals surface area contributed by atoms with Gasteiger partial charge in [0.1, 0.15) is 17.3 Å². The largest absolute Gasteiger partial charge is 0.454 e. The van der Waals surface area contributed by atoms with E-state index in [9.17, 15) is 4.79 Å². The zero-order valence-electron chi connectivity index (χ0n) is 15.7. The molecule has 0 bridgehead atoms. The van der Waals surface area contributed by atoms with Crippen LogP contribution in [0.3, 0.4) is 0 Å². The number of benzene rings is 2. The van der Waals surface area contributed by atoms with Crippen molar-refractivity contribution in [2.24, 2.45) is 0 Å². The van der Waals surface area contributed by atoms with E-state index in [0.29, 0.717) is 23.9 Å². The lowest BCUT2D eigenvalue weighted by Crippen LogP contribution is -2.16. The number of carbonyl (C=O) groups excluding carboxylic acids is 1. The predicted octanol–water partition coefficient (Wildman–Crippen LogP) is 3.69. The van der Waals surface area contributed by atoms with Gasteiger partial charge in [-0.2, -0.15) is 0 Å². The second kappa shape index (κ2) is 7.56. The quantitative estimate of drug-likeness (QED) is 0.706. The Morgan fingerprint density at radius 3 is 2.75 bits per heavy atom. The van der Waals surface area contributed by atoms with Crippen molar-refractivity contribution < 1.29 is 14.3 Å². The van der Waals surface area contributed by atoms with Gasteiger partial charge in [-0.05, 0) is 49.2 Å². The number of fused-ring (bicyclic) bond motifs is 1. The van der Waals surface area contributed by atoms with Gasteiger partial charge in [-0.25, -0.2) is 9.97 Å². The molecule has 0 radical (unpaired) electrons. The summed E-state index contributed by atoms with van der Waals surface area (Å²) < 4.78 is 10.7. The molecule has 28 heavy (non-hydrogen) atoms. The van der Waals surface area contributed by atoms with Gasteiger partial charge in [0.25, 0.3) is 5.91 Å². The van der Waals surface area contributed by atoms with Crippen LogP contribution in [0, 0.1) is 13.8 Å². The summed E-state index contributed by atoms with van der Waals surface area (Å²) in [6.07, 6.45) is 0. The van der Waals surface area contributed by atoms with E-state index in [-0.39, 0.29) is 12.7 Å². The Balaban J connectivity index is 1.46. The molecule has 0 unspecified atom stereocenters. The molecule has 0 fully saturated rings. The molecule has 2 aromatic carbocycles. The van der Waals surface area contributed by atoms with Crippen LogP contribution in [0.25, 0.3) is 0 Å². The molecule has 7 nitrogen and oxygen atoms in total. The first kappa shape index (κ1) is 17.8. The minimum absolute atomic E-state index is 0.247. The van der Waals surface area contributed by atoms with E-state index < -0.39 is 0 Å². The number of anilines is 2. The number of amides is 1. The number of ether oxygens (including phenoxy) is 2. The Labute approximate surface area is 162 Å². The summed E-state index contributed by atoms with van der Waals surface area (Å²) in [5, 5.41) is 6.10. The van der Waals surface area contributed by atoms with Gasteiger partial charge in [-0.3, -0.25) is 4.79 Å². The van der Waals surface area contributed by atoms with Crippen LogP contribution in [0.1, 0.15) is 27.4 Å². The van der Waals surface area contributed by atoms with Crippen molar-refractivity contribution in [3.63, 3.8) is 0 Å². The van der Waals surface area contributed by atoms with Gasteiger partial charge in [0, 0.05) is 18.3 Å². The zero-order valence-corrected chi connectivity index (χ0v) is 15.7. The molecule has 0 saturated heterocycles. The number of aromatic nitrogens is 2. The third-order valence-electron chi connectivity index (χ3n) is 4.26. The zero-order chi connectivity index (χ0) is 19.5. The Bertz CT molecular complexity index is 1040. The third-order valence-corrected chi connectivity index (χ3v) is 4.26. The molecule has 7 heteroatoms. The van der Waals surface area contributed by atoms with Crippen LogP contribution in [-0.2, 0) is 6.54 Å². The minimum atomic E-state index is -0.276. The number of hydrogen-bond acceptors (Lipinski definition) is 6. The number of carbonyl (C=O) groups is 1. The maximum atomic E-state index is 12.6. The first-order valence-corrected chi connectivity index (χ1v) is 8.93. The van der Waals surface area contributed by atoms with Gasteiger partial charge in [0.05, 0.1) is 0 Å². The Morgan fingerprint density at radius 1 is 1.04 bits per heavy atom. The maximum Gasteiger partial charge on any atom is 0.274 e. The van der Waals surface area contributed by atoms with E-state index in [1.165, 1.54) is 0 Å². The lowest BCUT2D eigenvalue weighted by molar-refractivity contribution is 0.102. The van der Waals surface area contributed by atoms with E-state index in [2.05, 4.69) is 20.6 Å². The van der Waals surface area contributed by atoms with Crippen molar-refractivity contribution in [2.45, 2.75) is 20.4 Å². The van der Waals surface area contributed by atoms with Crippen LogP contribution in [-0.4, -0.2) is 22.7 Å². The van der Waals surface area contributed by atoms with Gasteiger partial charge < -0.3 is 20.1 Å². The normalized spacial score (nSPS) is 11.9. The van der Waals surface area contributed by atoms with Crippen molar-refractivity contribution in [1.29, 1.82) is 0 Å². The van der Waals surface area contributed by atoms with E-state index in [0.717, 1.165) is 28.3 Å². The summed E-state index contributed by atoms with van der Waals surface area (Å²) >= 11 is 0. The highest BCUT2D eigenvalue weighted by atomic mass is 16.7. The fourth-order valence-electron chi connectivity index (χ4n) is 2.94. The van der Waals surface area contributed by atoms with Crippen LogP contribution < -0.4 is 20.1 Å². The molecule has 1 aliphatic heterocycles. The van der Waals surface area contributed by atoms with Crippen LogP contribution in [0.2, 0.25) is 0 Å². The van der Waals surface area contributed by atoms with Gasteiger partial charge in [0.2, 0.25) is 6.79 Å². The van der Waals surface area contributed by atoms with Gasteiger partial charge >= 0.3 is 0 Å². The molecule has 0 spiro atoms. The van der Waals surface area contributed by atoms with Gasteiger partial charge in [0.15, 0.2) is 11.5 Å². The van der Waals surface area contributed by atoms with Crippen LogP contribution in [0.15, 0.2) is 48.5 Å². The first-order chi connectivity index (χ1) is 13.6. The molecular formula is C21H20N4O3. The molecule has 0 aliphatic carbocycles. The fraction of sp³-hybridized carbons (Fsp3) is 0.190. The molecule has 1 aromatic heterocycles. The lowest BCUT2D eigenvalue weighted by atomic mass is 10.2. The van der Waals surface area contributed by atoms with Crippen LogP contribution in [0.4, 0.5) is 11.5 Å². The SMILES string of the molecule is Cc1cccc(NC(=O)c2cc(NCc3ccc4c(c3)OCO4)nc(C)n2)c1. The molecule has 142 valence electrons. The van der Waals surface area contributed by atoms with E-state index in [1.54, 1.807) is 13.0 Å². The number of aryl methyl sites for hydroxylation is 2. The van der Waals surface area contributed by atoms with Gasteiger partial charge in [-0.1, -0.05) is 18.2 Å². The summed E-state index contributed by atoms with van der Waals surface area (Å²) in [4.78, 5) is 21.2. The Kier molecular flexibility index (Phi) is 4.80. The highest BCUT2D eigenvalue weighted by molar-refractivity contribution is 6.03. The average Bonchev–Trinajstić information content (AvgIpc) is 3.14. The molecule has 3 aromatic rings. The first-order valence-electron chi connectivity index (χ1n) is 8.93. The summed E-state index contributed by atoms with van der Waals surface area (Å²) in [5.74, 6) is 2.31. The summed E-state index contributed by atoms with van der Waals surface area (Å²) in [6.45, 7) is 4.51. The number of rotatable bonds is 5. The molecule has 1 amide bonds. The average molecular weight is 376 g/mol. The monoisotopic (exact) mass is 376 g/mol. The Hall–Kier alpha value is -3.61. The van der Waals surface area contributed by atoms with Crippen molar-refractivity contribution >= 4 is 17.4 Å². The highest BCUT2D eigenvalue weighted by Crippen LogP contribution is 2.32. The summed E-state index contributed by atoms with van der Waals surface area (Å²) in [6, 6.07) is 15.0. The standard InChI is InChI=1S/C21H20N4O3/c1-13-4-3-5-16(8-13)25-21(26)17-10-20(24-14(2)23-17)22-11-15-6-7-18-19(9-15)28-12-27-18/h3-10H,11-12H2,1-2H3,(H,25,26)(H,22,23,24). The highest BCUT2D eigenvalue weighted by Gasteiger charge is 2.14. The van der Waals surface area contributed by atoms with Crippen molar-refractivity contribution in [1.82, 2.24) is 9.97 Å². The lowest BCUT2D eigenvalue weighted by Gasteiger charge is -2.10. The summed E-state index contributed by atoms with van der Waals surface area (Å²) in [5.41, 5.74) is 3.13. The minimum Gasteiger partial charge on any atom is -0.454 e. The molecular weight excluding hydrogens is 356 g/mol. The Morgan fingerprint density at radius 2 is 1.89 bits per heavy atom.